The van der Waals surface area contributed by atoms with Crippen LogP contribution in [0, 0.1) is 6.92 Å². The summed E-state index contributed by atoms with van der Waals surface area (Å²) >= 11 is 0. The lowest BCUT2D eigenvalue weighted by atomic mass is 9.83. The molecule has 0 fully saturated rings. The van der Waals surface area contributed by atoms with Gasteiger partial charge in [-0.15, -0.1) is 0 Å². The van der Waals surface area contributed by atoms with E-state index in [9.17, 15) is 0 Å². The summed E-state index contributed by atoms with van der Waals surface area (Å²) in [5.74, 6) is 0. The molecule has 0 bridgehead atoms. The maximum Gasteiger partial charge on any atom is 0.0933 e. The van der Waals surface area contributed by atoms with Crippen LogP contribution in [0.5, 0.6) is 0 Å². The van der Waals surface area contributed by atoms with Gasteiger partial charge in [0, 0.05) is 56.1 Å². The lowest BCUT2D eigenvalue weighted by Gasteiger charge is -2.27. The fraction of sp³-hybridized carbons (Fsp3) is 0.111. The summed E-state index contributed by atoms with van der Waals surface area (Å²) in [6, 6.07) is 76.8. The summed E-state index contributed by atoms with van der Waals surface area (Å²) in [6.45, 7) is 11.4. The lowest BCUT2D eigenvalue weighted by molar-refractivity contribution is 0.617. The Hall–Kier alpha value is -8.08. The minimum atomic E-state index is -0.352. The standard InChI is InChI=1S/C63H50N4/c1-41-25-30-47(31-26-41)67(46-21-13-8-14-22-46)49-34-36-55-57(40-49)63(4,5)61-59(55)65-60-58(64-61)54-35-29-43(39-56(54)62(60,2)3)51-38-37-50(52-23-15-16-24-53(51)52)42-27-32-48(33-28-42)66(44-17-9-6-10-18-44)45-19-11-7-12-20-45/h6-40H,1-5H3. The molecule has 1 heterocycles. The number of aryl methyl sites for hydroxylation is 1. The molecule has 0 amide bonds. The molecular weight excluding hydrogens is 813 g/mol. The van der Waals surface area contributed by atoms with E-state index in [1.54, 1.807) is 0 Å². The van der Waals surface area contributed by atoms with Crippen molar-refractivity contribution in [3.05, 3.63) is 240 Å². The first-order valence-electron chi connectivity index (χ1n) is 23.3. The normalized spacial score (nSPS) is 13.7. The number of fused-ring (bicyclic) bond motifs is 7. The topological polar surface area (TPSA) is 32.3 Å². The van der Waals surface area contributed by atoms with Crippen LogP contribution in [0.15, 0.2) is 212 Å². The highest BCUT2D eigenvalue weighted by Gasteiger charge is 2.45. The first-order chi connectivity index (χ1) is 32.6. The number of rotatable bonds is 8. The van der Waals surface area contributed by atoms with E-state index in [4.69, 9.17) is 9.97 Å². The third-order valence-electron chi connectivity index (χ3n) is 14.2. The molecule has 67 heavy (non-hydrogen) atoms. The number of aromatic nitrogens is 2. The molecule has 4 nitrogen and oxygen atoms in total. The molecule has 2 aliphatic rings. The van der Waals surface area contributed by atoms with Gasteiger partial charge < -0.3 is 9.80 Å². The van der Waals surface area contributed by atoms with Gasteiger partial charge in [-0.25, -0.2) is 9.97 Å². The summed E-state index contributed by atoms with van der Waals surface area (Å²) in [4.78, 5) is 15.9. The van der Waals surface area contributed by atoms with Crippen molar-refractivity contribution in [1.82, 2.24) is 9.97 Å². The molecule has 0 unspecified atom stereocenters. The van der Waals surface area contributed by atoms with Crippen LogP contribution in [0.2, 0.25) is 0 Å². The fourth-order valence-corrected chi connectivity index (χ4v) is 10.7. The summed E-state index contributed by atoms with van der Waals surface area (Å²) < 4.78 is 0. The van der Waals surface area contributed by atoms with Crippen LogP contribution >= 0.6 is 0 Å². The molecule has 0 saturated carbocycles. The monoisotopic (exact) mass is 862 g/mol. The lowest BCUT2D eigenvalue weighted by Crippen LogP contribution is -2.20. The van der Waals surface area contributed by atoms with Crippen molar-refractivity contribution < 1.29 is 0 Å². The van der Waals surface area contributed by atoms with E-state index < -0.39 is 0 Å². The minimum Gasteiger partial charge on any atom is -0.311 e. The van der Waals surface area contributed by atoms with E-state index in [2.05, 4.69) is 257 Å². The number of hydrogen-bond acceptors (Lipinski definition) is 4. The predicted octanol–water partition coefficient (Wildman–Crippen LogP) is 16.8. The Bertz CT molecular complexity index is 3460. The molecule has 0 aliphatic heterocycles. The van der Waals surface area contributed by atoms with E-state index >= 15 is 0 Å². The Morgan fingerprint density at radius 1 is 0.328 bits per heavy atom. The summed E-state index contributed by atoms with van der Waals surface area (Å²) in [5.41, 5.74) is 21.0. The number of para-hydroxylation sites is 3. The Balaban J connectivity index is 0.889. The van der Waals surface area contributed by atoms with Gasteiger partial charge in [0.1, 0.15) is 0 Å². The molecule has 2 aliphatic carbocycles. The van der Waals surface area contributed by atoms with Crippen molar-refractivity contribution in [2.75, 3.05) is 9.80 Å². The average molecular weight is 863 g/mol. The van der Waals surface area contributed by atoms with Gasteiger partial charge in [0.05, 0.1) is 22.8 Å². The van der Waals surface area contributed by atoms with Crippen molar-refractivity contribution in [2.45, 2.75) is 45.4 Å². The number of anilines is 6. The van der Waals surface area contributed by atoms with Crippen molar-refractivity contribution in [1.29, 1.82) is 0 Å². The van der Waals surface area contributed by atoms with Crippen molar-refractivity contribution in [3.63, 3.8) is 0 Å². The summed E-state index contributed by atoms with van der Waals surface area (Å²) in [7, 11) is 0. The summed E-state index contributed by atoms with van der Waals surface area (Å²) in [6.07, 6.45) is 0. The average Bonchev–Trinajstić information content (AvgIpc) is 3.73. The van der Waals surface area contributed by atoms with Crippen LogP contribution in [0.1, 0.15) is 55.8 Å². The molecule has 322 valence electrons. The highest BCUT2D eigenvalue weighted by Crippen LogP contribution is 2.55. The van der Waals surface area contributed by atoms with E-state index in [1.165, 1.54) is 55.3 Å². The zero-order chi connectivity index (χ0) is 45.4. The highest BCUT2D eigenvalue weighted by atomic mass is 15.1. The largest absolute Gasteiger partial charge is 0.311 e. The first kappa shape index (κ1) is 40.4. The number of hydrogen-bond donors (Lipinski definition) is 0. The van der Waals surface area contributed by atoms with Crippen molar-refractivity contribution in [2.24, 2.45) is 0 Å². The molecule has 12 rings (SSSR count). The Kier molecular flexibility index (Phi) is 9.37. The second-order valence-electron chi connectivity index (χ2n) is 19.1. The molecule has 0 N–H and O–H groups in total. The molecule has 4 heteroatoms. The third kappa shape index (κ3) is 6.58. The Morgan fingerprint density at radius 3 is 1.19 bits per heavy atom. The zero-order valence-electron chi connectivity index (χ0n) is 38.5. The van der Waals surface area contributed by atoms with Gasteiger partial charge in [-0.1, -0.05) is 167 Å². The van der Waals surface area contributed by atoms with Crippen molar-refractivity contribution >= 4 is 44.9 Å². The number of nitrogens with zero attached hydrogens (tertiary/aromatic N) is 4. The van der Waals surface area contributed by atoms with Gasteiger partial charge in [-0.3, -0.25) is 0 Å². The Morgan fingerprint density at radius 2 is 0.687 bits per heavy atom. The Labute approximate surface area is 393 Å². The van der Waals surface area contributed by atoms with Crippen LogP contribution in [0.3, 0.4) is 0 Å². The van der Waals surface area contributed by atoms with Crippen LogP contribution in [0.25, 0.3) is 55.5 Å². The smallest absolute Gasteiger partial charge is 0.0933 e. The first-order valence-corrected chi connectivity index (χ1v) is 23.3. The zero-order valence-corrected chi connectivity index (χ0v) is 38.5. The highest BCUT2D eigenvalue weighted by molar-refractivity contribution is 6.05. The van der Waals surface area contributed by atoms with Crippen LogP contribution in [-0.4, -0.2) is 9.97 Å². The molecule has 9 aromatic carbocycles. The molecule has 0 atom stereocenters. The van der Waals surface area contributed by atoms with Gasteiger partial charge in [0.2, 0.25) is 0 Å². The molecule has 0 spiro atoms. The molecule has 10 aromatic rings. The second kappa shape index (κ2) is 15.5. The van der Waals surface area contributed by atoms with Crippen molar-refractivity contribution in [3.8, 4) is 44.8 Å². The van der Waals surface area contributed by atoms with E-state index in [0.717, 1.165) is 62.5 Å². The molecule has 0 radical (unpaired) electrons. The van der Waals surface area contributed by atoms with Crippen LogP contribution < -0.4 is 9.80 Å². The minimum absolute atomic E-state index is 0.351. The number of benzene rings is 9. The quantitative estimate of drug-likeness (QED) is 0.152. The SMILES string of the molecule is Cc1ccc(N(c2ccccc2)c2ccc3c(c2)C(C)(C)c2nc4c(nc2-3)C(C)(C)c2cc(-c3ccc(-c5ccc(N(c6ccccc6)c6ccccc6)cc5)c5ccccc35)ccc2-4)cc1. The van der Waals surface area contributed by atoms with E-state index in [1.807, 2.05) is 0 Å². The predicted molar refractivity (Wildman–Crippen MR) is 280 cm³/mol. The fourth-order valence-electron chi connectivity index (χ4n) is 10.7. The van der Waals surface area contributed by atoms with E-state index in [-0.39, 0.29) is 10.8 Å². The third-order valence-corrected chi connectivity index (χ3v) is 14.2. The molecule has 1 aromatic heterocycles. The molecular formula is C63H50N4. The second-order valence-corrected chi connectivity index (χ2v) is 19.1. The summed E-state index contributed by atoms with van der Waals surface area (Å²) in [5, 5.41) is 2.46. The molecule has 0 saturated heterocycles. The van der Waals surface area contributed by atoms with Gasteiger partial charge >= 0.3 is 0 Å². The van der Waals surface area contributed by atoms with E-state index in [0.29, 0.717) is 0 Å². The maximum atomic E-state index is 5.61. The van der Waals surface area contributed by atoms with Gasteiger partial charge in [-0.05, 0) is 130 Å². The van der Waals surface area contributed by atoms with Gasteiger partial charge in [0.25, 0.3) is 0 Å². The van der Waals surface area contributed by atoms with Gasteiger partial charge in [-0.2, -0.15) is 0 Å². The maximum absolute atomic E-state index is 5.61. The van der Waals surface area contributed by atoms with Crippen LogP contribution in [0.4, 0.5) is 34.1 Å². The van der Waals surface area contributed by atoms with Gasteiger partial charge in [0.15, 0.2) is 0 Å². The van der Waals surface area contributed by atoms with Crippen LogP contribution in [-0.2, 0) is 10.8 Å².